The van der Waals surface area contributed by atoms with Crippen LogP contribution in [0.4, 0.5) is 8.78 Å². The molecule has 0 aromatic rings. The molecule has 0 saturated carbocycles. The molecule has 0 atom stereocenters. The van der Waals surface area contributed by atoms with Gasteiger partial charge >= 0.3 is 4.83 Å². The van der Waals surface area contributed by atoms with Gasteiger partial charge in [0, 0.05) is 7.05 Å². The number of rotatable bonds is 2. The number of carbonyl (C=O) groups is 1. The second kappa shape index (κ2) is 3.67. The maximum Gasteiger partial charge on any atom is 0.318 e. The van der Waals surface area contributed by atoms with Crippen LogP contribution in [0.3, 0.4) is 0 Å². The number of nitrogens with zero attached hydrogens (tertiary/aromatic N) is 1. The average Bonchev–Trinajstić information content (AvgIpc) is 1.82. The van der Waals surface area contributed by atoms with Gasteiger partial charge in [0.25, 0.3) is 5.91 Å². The number of terminal acetylenes is 1. The number of alkyl halides is 3. The third kappa shape index (κ3) is 4.73. The molecule has 0 bridgehead atoms. The van der Waals surface area contributed by atoms with Crippen LogP contribution in [-0.2, 0) is 4.79 Å². The molecule has 11 heavy (non-hydrogen) atoms. The van der Waals surface area contributed by atoms with E-state index in [9.17, 15) is 13.6 Å². The zero-order valence-corrected chi connectivity index (χ0v) is 7.36. The van der Waals surface area contributed by atoms with Crippen LogP contribution >= 0.6 is 15.9 Å². The maximum absolute atomic E-state index is 12.1. The molecule has 0 saturated heterocycles. The maximum atomic E-state index is 12.1. The second-order valence-electron chi connectivity index (χ2n) is 1.92. The van der Waals surface area contributed by atoms with Crippen molar-refractivity contribution < 1.29 is 13.6 Å². The van der Waals surface area contributed by atoms with Crippen molar-refractivity contribution in [3.05, 3.63) is 0 Å². The fourth-order valence-electron chi connectivity index (χ4n) is 0.451. The third-order valence-electron chi connectivity index (χ3n) is 0.887. The van der Waals surface area contributed by atoms with Crippen molar-refractivity contribution >= 4 is 21.8 Å². The van der Waals surface area contributed by atoms with Crippen LogP contribution in [0, 0.1) is 12.3 Å². The van der Waals surface area contributed by atoms with Gasteiger partial charge in [0.05, 0.1) is 6.54 Å². The van der Waals surface area contributed by atoms with Gasteiger partial charge in [-0.1, -0.05) is 0 Å². The van der Waals surface area contributed by atoms with E-state index in [1.807, 2.05) is 0 Å². The lowest BCUT2D eigenvalue weighted by molar-refractivity contribution is -0.125. The highest BCUT2D eigenvalue weighted by atomic mass is 79.9. The molecule has 0 fully saturated rings. The Morgan fingerprint density at radius 2 is 2.27 bits per heavy atom. The van der Waals surface area contributed by atoms with E-state index in [4.69, 9.17) is 6.42 Å². The van der Waals surface area contributed by atoms with Crippen molar-refractivity contribution in [3.8, 4) is 12.3 Å². The van der Waals surface area contributed by atoms with Crippen LogP contribution in [0.15, 0.2) is 0 Å². The van der Waals surface area contributed by atoms with E-state index in [1.165, 1.54) is 7.05 Å². The van der Waals surface area contributed by atoms with Crippen LogP contribution in [0.25, 0.3) is 0 Å². The first-order chi connectivity index (χ1) is 4.87. The number of hydrogen-bond acceptors (Lipinski definition) is 1. The summed E-state index contributed by atoms with van der Waals surface area (Å²) in [4.78, 5) is 8.21. The molecule has 0 rings (SSSR count). The number of amides is 1. The van der Waals surface area contributed by atoms with E-state index in [0.29, 0.717) is 0 Å². The molecule has 62 valence electrons. The monoisotopic (exact) mass is 225 g/mol. The summed E-state index contributed by atoms with van der Waals surface area (Å²) in [5, 5.41) is 0. The Labute approximate surface area is 71.7 Å². The molecule has 0 unspecified atom stereocenters. The van der Waals surface area contributed by atoms with Crippen LogP contribution in [0.5, 0.6) is 0 Å². The summed E-state index contributed by atoms with van der Waals surface area (Å²) >= 11 is 2.08. The summed E-state index contributed by atoms with van der Waals surface area (Å²) in [6.07, 6.45) is 4.69. The lowest BCUT2D eigenvalue weighted by Crippen LogP contribution is -2.34. The van der Waals surface area contributed by atoms with Gasteiger partial charge in [0.2, 0.25) is 0 Å². The standard InChI is InChI=1S/C6H6BrF2NO/c1-3-5(11)10(2)4-6(7,8)9/h1H,4H2,2H3. The van der Waals surface area contributed by atoms with Crippen molar-refractivity contribution in [3.63, 3.8) is 0 Å². The third-order valence-corrected chi connectivity index (χ3v) is 1.14. The smallest absolute Gasteiger partial charge is 0.318 e. The Kier molecular flexibility index (Phi) is 3.46. The van der Waals surface area contributed by atoms with Crippen LogP contribution in [0.2, 0.25) is 0 Å². The van der Waals surface area contributed by atoms with Crippen molar-refractivity contribution in [1.82, 2.24) is 4.90 Å². The van der Waals surface area contributed by atoms with E-state index >= 15 is 0 Å². The quantitative estimate of drug-likeness (QED) is 0.509. The molecule has 0 aliphatic carbocycles. The SMILES string of the molecule is C#CC(=O)N(C)CC(F)(F)Br. The summed E-state index contributed by atoms with van der Waals surface area (Å²) in [5.41, 5.74) is 0. The van der Waals surface area contributed by atoms with Crippen molar-refractivity contribution in [1.29, 1.82) is 0 Å². The minimum absolute atomic E-state index is 0.726. The molecular weight excluding hydrogens is 220 g/mol. The van der Waals surface area contributed by atoms with Gasteiger partial charge in [0.1, 0.15) is 0 Å². The molecule has 0 aliphatic heterocycles. The lowest BCUT2D eigenvalue weighted by Gasteiger charge is -2.16. The summed E-state index contributed by atoms with van der Waals surface area (Å²) < 4.78 is 24.2. The highest BCUT2D eigenvalue weighted by Gasteiger charge is 2.27. The molecule has 5 heteroatoms. The van der Waals surface area contributed by atoms with Crippen LogP contribution in [0.1, 0.15) is 0 Å². The fraction of sp³-hybridized carbons (Fsp3) is 0.500. The highest BCUT2D eigenvalue weighted by Crippen LogP contribution is 2.21. The number of halogens is 3. The van der Waals surface area contributed by atoms with Crippen molar-refractivity contribution in [2.75, 3.05) is 13.6 Å². The predicted molar refractivity (Wildman–Crippen MR) is 40.3 cm³/mol. The lowest BCUT2D eigenvalue weighted by atomic mass is 10.5. The molecule has 0 radical (unpaired) electrons. The first kappa shape index (κ1) is 10.4. The second-order valence-corrected chi connectivity index (χ2v) is 3.08. The molecule has 0 heterocycles. The normalized spacial score (nSPS) is 10.5. The Morgan fingerprint density at radius 3 is 2.55 bits per heavy atom. The molecular formula is C6H6BrF2NO. The van der Waals surface area contributed by atoms with Crippen molar-refractivity contribution in [2.45, 2.75) is 4.83 Å². The molecule has 0 aliphatic rings. The van der Waals surface area contributed by atoms with E-state index < -0.39 is 17.3 Å². The number of carbonyl (C=O) groups excluding carboxylic acids is 1. The average molecular weight is 226 g/mol. The van der Waals surface area contributed by atoms with E-state index in [-0.39, 0.29) is 0 Å². The Bertz CT molecular complexity index is 194. The molecule has 2 nitrogen and oxygen atoms in total. The van der Waals surface area contributed by atoms with Gasteiger partial charge in [-0.05, 0) is 21.9 Å². The first-order valence-corrected chi connectivity index (χ1v) is 3.44. The van der Waals surface area contributed by atoms with Gasteiger partial charge in [-0.2, -0.15) is 8.78 Å². The van der Waals surface area contributed by atoms with Crippen LogP contribution < -0.4 is 0 Å². The largest absolute Gasteiger partial charge is 0.328 e. The van der Waals surface area contributed by atoms with E-state index in [2.05, 4.69) is 15.9 Å². The highest BCUT2D eigenvalue weighted by molar-refractivity contribution is 9.10. The van der Waals surface area contributed by atoms with Gasteiger partial charge in [-0.15, -0.1) is 6.42 Å². The van der Waals surface area contributed by atoms with Crippen LogP contribution in [-0.4, -0.2) is 29.2 Å². The summed E-state index contributed by atoms with van der Waals surface area (Å²) in [6, 6.07) is 0. The number of hydrogen-bond donors (Lipinski definition) is 0. The van der Waals surface area contributed by atoms with Gasteiger partial charge in [-0.25, -0.2) is 0 Å². The van der Waals surface area contributed by atoms with E-state index in [0.717, 1.165) is 4.90 Å². The van der Waals surface area contributed by atoms with Crippen molar-refractivity contribution in [2.24, 2.45) is 0 Å². The fourth-order valence-corrected chi connectivity index (χ4v) is 0.827. The summed E-state index contributed by atoms with van der Waals surface area (Å²) in [5.74, 6) is 0.960. The summed E-state index contributed by atoms with van der Waals surface area (Å²) in [7, 11) is 1.21. The molecule has 0 spiro atoms. The molecule has 0 aromatic heterocycles. The molecule has 0 aromatic carbocycles. The Morgan fingerprint density at radius 1 is 1.82 bits per heavy atom. The van der Waals surface area contributed by atoms with Gasteiger partial charge < -0.3 is 4.90 Å². The Hall–Kier alpha value is -0.630. The molecule has 0 N–H and O–H groups in total. The minimum atomic E-state index is -3.08. The first-order valence-electron chi connectivity index (χ1n) is 2.65. The summed E-state index contributed by atoms with van der Waals surface area (Å²) in [6.45, 7) is -0.726. The Balaban J connectivity index is 4.00. The topological polar surface area (TPSA) is 20.3 Å². The zero-order chi connectivity index (χ0) is 9.07. The van der Waals surface area contributed by atoms with E-state index in [1.54, 1.807) is 5.92 Å². The predicted octanol–water partition coefficient (Wildman–Crippen LogP) is 1.07. The minimum Gasteiger partial charge on any atom is -0.328 e. The van der Waals surface area contributed by atoms with Gasteiger partial charge in [0.15, 0.2) is 0 Å². The zero-order valence-electron chi connectivity index (χ0n) is 5.77. The van der Waals surface area contributed by atoms with Gasteiger partial charge in [-0.3, -0.25) is 4.79 Å². The molecule has 1 amide bonds.